The highest BCUT2D eigenvalue weighted by Gasteiger charge is 2.24. The van der Waals surface area contributed by atoms with Crippen LogP contribution in [0, 0.1) is 0 Å². The van der Waals surface area contributed by atoms with Gasteiger partial charge in [0, 0.05) is 18.8 Å². The van der Waals surface area contributed by atoms with Crippen molar-refractivity contribution in [3.05, 3.63) is 29.8 Å². The zero-order valence-electron chi connectivity index (χ0n) is 10.1. The zero-order chi connectivity index (χ0) is 11.5. The fourth-order valence-corrected chi connectivity index (χ4v) is 2.34. The number of carbonyl (C=O) groups excluding carboxylic acids is 1. The highest BCUT2D eigenvalue weighted by atomic mass is 35.5. The summed E-state index contributed by atoms with van der Waals surface area (Å²) in [4.78, 5) is 14.0. The summed E-state index contributed by atoms with van der Waals surface area (Å²) in [7, 11) is 1.88. The van der Waals surface area contributed by atoms with Gasteiger partial charge in [-0.25, -0.2) is 0 Å². The van der Waals surface area contributed by atoms with Gasteiger partial charge in [-0.05, 0) is 25.0 Å². The number of hydrogen-bond donors (Lipinski definition) is 1. The molecule has 0 saturated heterocycles. The van der Waals surface area contributed by atoms with E-state index in [4.69, 9.17) is 5.73 Å². The fraction of sp³-hybridized carbons (Fsp3) is 0.462. The average molecular weight is 255 g/mol. The molecule has 1 aliphatic carbocycles. The highest BCUT2D eigenvalue weighted by Crippen LogP contribution is 2.24. The van der Waals surface area contributed by atoms with Crippen LogP contribution in [-0.2, 0) is 0 Å². The third kappa shape index (κ3) is 2.91. The second-order valence-corrected chi connectivity index (χ2v) is 4.44. The van der Waals surface area contributed by atoms with Crippen molar-refractivity contribution in [2.75, 3.05) is 12.8 Å². The van der Waals surface area contributed by atoms with Gasteiger partial charge in [-0.1, -0.05) is 25.0 Å². The van der Waals surface area contributed by atoms with Crippen LogP contribution in [0.4, 0.5) is 5.69 Å². The number of nitrogen functional groups attached to an aromatic ring is 1. The van der Waals surface area contributed by atoms with Crippen LogP contribution in [0.25, 0.3) is 0 Å². The summed E-state index contributed by atoms with van der Waals surface area (Å²) >= 11 is 0. The molecule has 0 radical (unpaired) electrons. The van der Waals surface area contributed by atoms with E-state index in [1.165, 1.54) is 12.8 Å². The first-order valence-corrected chi connectivity index (χ1v) is 5.82. The van der Waals surface area contributed by atoms with Gasteiger partial charge in [0.15, 0.2) is 0 Å². The number of hydrogen-bond acceptors (Lipinski definition) is 2. The normalized spacial score (nSPS) is 15.4. The summed E-state index contributed by atoms with van der Waals surface area (Å²) in [6, 6.07) is 7.67. The van der Waals surface area contributed by atoms with Crippen LogP contribution in [0.5, 0.6) is 0 Å². The molecule has 17 heavy (non-hydrogen) atoms. The SMILES string of the molecule is CN(C(=O)c1ccccc1N)C1CCCC1.Cl. The molecule has 0 spiro atoms. The number of anilines is 1. The maximum atomic E-state index is 12.2. The Kier molecular flexibility index (Phi) is 4.82. The molecule has 1 aliphatic rings. The van der Waals surface area contributed by atoms with E-state index >= 15 is 0 Å². The maximum absolute atomic E-state index is 12.2. The Morgan fingerprint density at radius 2 is 1.88 bits per heavy atom. The lowest BCUT2D eigenvalue weighted by Gasteiger charge is -2.24. The Bertz CT molecular complexity index is 389. The lowest BCUT2D eigenvalue weighted by molar-refractivity contribution is 0.0736. The van der Waals surface area contributed by atoms with E-state index in [2.05, 4.69) is 0 Å². The topological polar surface area (TPSA) is 46.3 Å². The van der Waals surface area contributed by atoms with Gasteiger partial charge in [-0.2, -0.15) is 0 Å². The summed E-state index contributed by atoms with van der Waals surface area (Å²) < 4.78 is 0. The molecular formula is C13H19ClN2O. The van der Waals surface area contributed by atoms with Gasteiger partial charge < -0.3 is 10.6 Å². The van der Waals surface area contributed by atoms with E-state index in [1.807, 2.05) is 24.1 Å². The van der Waals surface area contributed by atoms with E-state index in [-0.39, 0.29) is 18.3 Å². The molecule has 1 aromatic carbocycles. The van der Waals surface area contributed by atoms with E-state index in [0.717, 1.165) is 12.8 Å². The molecule has 3 nitrogen and oxygen atoms in total. The Morgan fingerprint density at radius 3 is 2.47 bits per heavy atom. The Balaban J connectivity index is 0.00000144. The van der Waals surface area contributed by atoms with Crippen molar-refractivity contribution in [1.29, 1.82) is 0 Å². The summed E-state index contributed by atoms with van der Waals surface area (Å²) in [5.41, 5.74) is 7.00. The monoisotopic (exact) mass is 254 g/mol. The minimum Gasteiger partial charge on any atom is -0.398 e. The molecule has 0 atom stereocenters. The van der Waals surface area contributed by atoms with E-state index in [9.17, 15) is 4.79 Å². The van der Waals surface area contributed by atoms with Gasteiger partial charge >= 0.3 is 0 Å². The number of nitrogens with two attached hydrogens (primary N) is 1. The molecule has 0 unspecified atom stereocenters. The maximum Gasteiger partial charge on any atom is 0.255 e. The van der Waals surface area contributed by atoms with Gasteiger partial charge in [0.05, 0.1) is 5.56 Å². The number of amides is 1. The quantitative estimate of drug-likeness (QED) is 0.825. The summed E-state index contributed by atoms with van der Waals surface area (Å²) in [5.74, 6) is 0.0463. The number of nitrogens with zero attached hydrogens (tertiary/aromatic N) is 1. The standard InChI is InChI=1S/C13H18N2O.ClH/c1-15(10-6-2-3-7-10)13(16)11-8-4-5-9-12(11)14;/h4-5,8-10H,2-3,6-7,14H2,1H3;1H. The fourth-order valence-electron chi connectivity index (χ4n) is 2.34. The molecule has 0 heterocycles. The predicted molar refractivity (Wildman–Crippen MR) is 72.5 cm³/mol. The third-order valence-electron chi connectivity index (χ3n) is 3.38. The first kappa shape index (κ1) is 13.8. The van der Waals surface area contributed by atoms with Crippen molar-refractivity contribution in [2.45, 2.75) is 31.7 Å². The van der Waals surface area contributed by atoms with Crippen molar-refractivity contribution in [2.24, 2.45) is 0 Å². The van der Waals surface area contributed by atoms with Crippen molar-refractivity contribution in [3.63, 3.8) is 0 Å². The van der Waals surface area contributed by atoms with Crippen LogP contribution in [0.15, 0.2) is 24.3 Å². The molecule has 2 rings (SSSR count). The second kappa shape index (κ2) is 5.92. The van der Waals surface area contributed by atoms with Gasteiger partial charge in [-0.3, -0.25) is 4.79 Å². The van der Waals surface area contributed by atoms with Gasteiger partial charge in [0.1, 0.15) is 0 Å². The molecule has 2 N–H and O–H groups in total. The largest absolute Gasteiger partial charge is 0.398 e. The van der Waals surface area contributed by atoms with E-state index < -0.39 is 0 Å². The Hall–Kier alpha value is -1.22. The van der Waals surface area contributed by atoms with Gasteiger partial charge in [0.25, 0.3) is 5.91 Å². The number of halogens is 1. The van der Waals surface area contributed by atoms with Crippen LogP contribution >= 0.6 is 12.4 Å². The first-order valence-electron chi connectivity index (χ1n) is 5.82. The van der Waals surface area contributed by atoms with Crippen molar-refractivity contribution in [3.8, 4) is 0 Å². The second-order valence-electron chi connectivity index (χ2n) is 4.44. The number of benzene rings is 1. The van der Waals surface area contributed by atoms with Crippen molar-refractivity contribution < 1.29 is 4.79 Å². The van der Waals surface area contributed by atoms with Crippen LogP contribution in [0.2, 0.25) is 0 Å². The number of carbonyl (C=O) groups is 1. The van der Waals surface area contributed by atoms with Crippen molar-refractivity contribution in [1.82, 2.24) is 4.90 Å². The van der Waals surface area contributed by atoms with Crippen LogP contribution < -0.4 is 5.73 Å². The Labute approximate surface area is 108 Å². The number of rotatable bonds is 2. The first-order chi connectivity index (χ1) is 7.70. The van der Waals surface area contributed by atoms with Gasteiger partial charge in [0.2, 0.25) is 0 Å². The van der Waals surface area contributed by atoms with Crippen LogP contribution in [-0.4, -0.2) is 23.9 Å². The molecule has 0 bridgehead atoms. The summed E-state index contributed by atoms with van der Waals surface area (Å²) in [6.45, 7) is 0. The summed E-state index contributed by atoms with van der Waals surface area (Å²) in [6.07, 6.45) is 4.70. The molecule has 1 aromatic rings. The molecular weight excluding hydrogens is 236 g/mol. The third-order valence-corrected chi connectivity index (χ3v) is 3.38. The minimum absolute atomic E-state index is 0. The smallest absolute Gasteiger partial charge is 0.255 e. The molecule has 0 aromatic heterocycles. The van der Waals surface area contributed by atoms with Crippen LogP contribution in [0.3, 0.4) is 0 Å². The number of para-hydroxylation sites is 1. The Morgan fingerprint density at radius 1 is 1.29 bits per heavy atom. The zero-order valence-corrected chi connectivity index (χ0v) is 10.9. The summed E-state index contributed by atoms with van der Waals surface area (Å²) in [5, 5.41) is 0. The highest BCUT2D eigenvalue weighted by molar-refractivity contribution is 5.99. The van der Waals surface area contributed by atoms with Crippen LogP contribution in [0.1, 0.15) is 36.0 Å². The predicted octanol–water partition coefficient (Wildman–Crippen LogP) is 2.71. The lowest BCUT2D eigenvalue weighted by atomic mass is 10.1. The molecule has 1 saturated carbocycles. The molecule has 4 heteroatoms. The molecule has 0 aliphatic heterocycles. The molecule has 1 fully saturated rings. The van der Waals surface area contributed by atoms with Gasteiger partial charge in [-0.15, -0.1) is 12.4 Å². The average Bonchev–Trinajstić information content (AvgIpc) is 2.81. The minimum atomic E-state index is 0. The molecule has 94 valence electrons. The van der Waals surface area contributed by atoms with E-state index in [1.54, 1.807) is 12.1 Å². The van der Waals surface area contributed by atoms with Crippen molar-refractivity contribution >= 4 is 24.0 Å². The molecule has 1 amide bonds. The lowest BCUT2D eigenvalue weighted by Crippen LogP contribution is -2.35. The van der Waals surface area contributed by atoms with E-state index in [0.29, 0.717) is 17.3 Å².